The Morgan fingerprint density at radius 3 is 3.12 bits per heavy atom. The van der Waals surface area contributed by atoms with E-state index in [1.807, 2.05) is 6.92 Å². The highest BCUT2D eigenvalue weighted by molar-refractivity contribution is 7.18. The Balaban J connectivity index is 2.13. The molecule has 1 unspecified atom stereocenters. The molecule has 1 aromatic heterocycles. The Morgan fingerprint density at radius 1 is 1.76 bits per heavy atom. The van der Waals surface area contributed by atoms with Gasteiger partial charge in [-0.05, 0) is 13.3 Å². The second kappa shape index (κ2) is 4.89. The van der Waals surface area contributed by atoms with Crippen LogP contribution in [0.25, 0.3) is 0 Å². The molecular weight excluding hydrogens is 240 g/mol. The number of β-amino-alcohol motifs (C(OH)–C–C–N with tert-alkyl or cyclic N) is 1. The van der Waals surface area contributed by atoms with Crippen molar-refractivity contribution in [2.24, 2.45) is 0 Å². The van der Waals surface area contributed by atoms with E-state index in [-0.39, 0.29) is 11.7 Å². The summed E-state index contributed by atoms with van der Waals surface area (Å²) in [4.78, 5) is 18.3. The zero-order chi connectivity index (χ0) is 12.4. The van der Waals surface area contributed by atoms with Crippen LogP contribution in [0.5, 0.6) is 0 Å². The number of rotatable bonds is 3. The molecule has 0 aliphatic carbocycles. The van der Waals surface area contributed by atoms with Gasteiger partial charge in [-0.3, -0.25) is 4.79 Å². The van der Waals surface area contributed by atoms with Crippen molar-refractivity contribution >= 4 is 28.2 Å². The fraction of sp³-hybridized carbons (Fsp3) is 0.600. The van der Waals surface area contributed by atoms with E-state index in [1.54, 1.807) is 4.90 Å². The molecule has 0 spiro atoms. The van der Waals surface area contributed by atoms with Crippen LogP contribution in [-0.2, 0) is 0 Å². The maximum atomic E-state index is 12.1. The minimum atomic E-state index is -0.415. The number of aliphatic hydroxyl groups is 1. The Bertz CT molecular complexity index is 420. The molecule has 1 saturated heterocycles. The molecule has 1 aliphatic rings. The summed E-state index contributed by atoms with van der Waals surface area (Å²) in [6.45, 7) is 3.65. The van der Waals surface area contributed by atoms with Crippen molar-refractivity contribution in [1.82, 2.24) is 9.88 Å². The third-order valence-electron chi connectivity index (χ3n) is 2.63. The molecular formula is C10H16N4O2S. The van der Waals surface area contributed by atoms with Crippen LogP contribution in [0.15, 0.2) is 0 Å². The van der Waals surface area contributed by atoms with Gasteiger partial charge in [0.1, 0.15) is 10.7 Å². The van der Waals surface area contributed by atoms with Crippen molar-refractivity contribution in [1.29, 1.82) is 0 Å². The van der Waals surface area contributed by atoms with E-state index in [0.717, 1.165) is 6.54 Å². The van der Waals surface area contributed by atoms with Crippen LogP contribution in [0.3, 0.4) is 0 Å². The van der Waals surface area contributed by atoms with Gasteiger partial charge >= 0.3 is 0 Å². The molecule has 2 heterocycles. The lowest BCUT2D eigenvalue weighted by atomic mass is 10.3. The summed E-state index contributed by atoms with van der Waals surface area (Å²) in [5.74, 6) is 0.123. The van der Waals surface area contributed by atoms with Crippen LogP contribution in [0.4, 0.5) is 10.9 Å². The lowest BCUT2D eigenvalue weighted by Crippen LogP contribution is -2.29. The standard InChI is InChI=1S/C10H16N4O2S/c1-2-12-10-13-8(11)7(17-10)9(16)14-4-3-6(15)5-14/h6,15H,2-5,11H2,1H3,(H,12,13). The van der Waals surface area contributed by atoms with Gasteiger partial charge in [-0.2, -0.15) is 0 Å². The Hall–Kier alpha value is -1.34. The first-order chi connectivity index (χ1) is 8.11. The summed E-state index contributed by atoms with van der Waals surface area (Å²) in [5, 5.41) is 13.1. The van der Waals surface area contributed by atoms with Gasteiger partial charge in [-0.1, -0.05) is 11.3 Å². The lowest BCUT2D eigenvalue weighted by Gasteiger charge is -2.13. The summed E-state index contributed by atoms with van der Waals surface area (Å²) in [6, 6.07) is 0. The third-order valence-corrected chi connectivity index (χ3v) is 3.64. The largest absolute Gasteiger partial charge is 0.391 e. The molecule has 1 amide bonds. The quantitative estimate of drug-likeness (QED) is 0.726. The highest BCUT2D eigenvalue weighted by atomic mass is 32.1. The molecule has 6 nitrogen and oxygen atoms in total. The number of carbonyl (C=O) groups is 1. The average molecular weight is 256 g/mol. The maximum absolute atomic E-state index is 12.1. The van der Waals surface area contributed by atoms with Gasteiger partial charge in [0.25, 0.3) is 5.91 Å². The predicted octanol–water partition coefficient (Wildman–Crippen LogP) is 0.364. The van der Waals surface area contributed by atoms with Crippen molar-refractivity contribution in [3.05, 3.63) is 4.88 Å². The summed E-state index contributed by atoms with van der Waals surface area (Å²) in [6.07, 6.45) is 0.214. The minimum Gasteiger partial charge on any atom is -0.391 e. The fourth-order valence-electron chi connectivity index (χ4n) is 1.78. The van der Waals surface area contributed by atoms with E-state index in [9.17, 15) is 9.90 Å². The molecule has 0 bridgehead atoms. The number of likely N-dealkylation sites (tertiary alicyclic amines) is 1. The predicted molar refractivity (Wildman–Crippen MR) is 67.2 cm³/mol. The van der Waals surface area contributed by atoms with Crippen LogP contribution < -0.4 is 11.1 Å². The molecule has 2 rings (SSSR count). The molecule has 0 aromatic carbocycles. The van der Waals surface area contributed by atoms with E-state index in [4.69, 9.17) is 5.73 Å². The Kier molecular flexibility index (Phi) is 3.49. The number of nitrogens with zero attached hydrogens (tertiary/aromatic N) is 2. The summed E-state index contributed by atoms with van der Waals surface area (Å²) >= 11 is 1.26. The Labute approximate surface area is 103 Å². The van der Waals surface area contributed by atoms with Gasteiger partial charge in [0.15, 0.2) is 5.13 Å². The Morgan fingerprint density at radius 2 is 2.53 bits per heavy atom. The summed E-state index contributed by atoms with van der Waals surface area (Å²) in [7, 11) is 0. The molecule has 1 aliphatic heterocycles. The number of aliphatic hydroxyl groups excluding tert-OH is 1. The monoisotopic (exact) mass is 256 g/mol. The highest BCUT2D eigenvalue weighted by Gasteiger charge is 2.28. The molecule has 1 aromatic rings. The smallest absolute Gasteiger partial charge is 0.267 e. The van der Waals surface area contributed by atoms with Crippen molar-refractivity contribution < 1.29 is 9.90 Å². The molecule has 4 N–H and O–H groups in total. The van der Waals surface area contributed by atoms with Crippen LogP contribution in [0, 0.1) is 0 Å². The van der Waals surface area contributed by atoms with Crippen LogP contribution in [0.1, 0.15) is 23.0 Å². The molecule has 94 valence electrons. The number of anilines is 2. The van der Waals surface area contributed by atoms with Crippen molar-refractivity contribution in [2.75, 3.05) is 30.7 Å². The number of nitrogens with one attached hydrogen (secondary N) is 1. The molecule has 17 heavy (non-hydrogen) atoms. The number of hydrogen-bond donors (Lipinski definition) is 3. The van der Waals surface area contributed by atoms with E-state index in [1.165, 1.54) is 11.3 Å². The van der Waals surface area contributed by atoms with Crippen LogP contribution in [0.2, 0.25) is 0 Å². The van der Waals surface area contributed by atoms with Gasteiger partial charge in [-0.25, -0.2) is 4.98 Å². The van der Waals surface area contributed by atoms with Crippen LogP contribution in [-0.4, -0.2) is 46.6 Å². The normalized spacial score (nSPS) is 19.6. The summed E-state index contributed by atoms with van der Waals surface area (Å²) in [5.41, 5.74) is 5.72. The van der Waals surface area contributed by atoms with E-state index >= 15 is 0 Å². The van der Waals surface area contributed by atoms with Gasteiger partial charge < -0.3 is 21.1 Å². The fourth-order valence-corrected chi connectivity index (χ4v) is 2.70. The average Bonchev–Trinajstić information content (AvgIpc) is 2.85. The van der Waals surface area contributed by atoms with E-state index in [0.29, 0.717) is 29.5 Å². The number of nitrogens with two attached hydrogens (primary N) is 1. The number of thiazole rings is 1. The van der Waals surface area contributed by atoms with E-state index < -0.39 is 6.10 Å². The van der Waals surface area contributed by atoms with Crippen LogP contribution >= 0.6 is 11.3 Å². The maximum Gasteiger partial charge on any atom is 0.267 e. The first-order valence-electron chi connectivity index (χ1n) is 5.59. The second-order valence-electron chi connectivity index (χ2n) is 3.96. The molecule has 0 saturated carbocycles. The molecule has 1 atom stereocenters. The first-order valence-corrected chi connectivity index (χ1v) is 6.41. The SMILES string of the molecule is CCNc1nc(N)c(C(=O)N2CCC(O)C2)s1. The number of hydrogen-bond acceptors (Lipinski definition) is 6. The van der Waals surface area contributed by atoms with Crippen molar-refractivity contribution in [2.45, 2.75) is 19.4 Å². The third kappa shape index (κ3) is 2.50. The minimum absolute atomic E-state index is 0.138. The zero-order valence-corrected chi connectivity index (χ0v) is 10.5. The topological polar surface area (TPSA) is 91.5 Å². The van der Waals surface area contributed by atoms with E-state index in [2.05, 4.69) is 10.3 Å². The molecule has 7 heteroatoms. The summed E-state index contributed by atoms with van der Waals surface area (Å²) < 4.78 is 0. The van der Waals surface area contributed by atoms with Crippen molar-refractivity contribution in [3.63, 3.8) is 0 Å². The van der Waals surface area contributed by atoms with Crippen molar-refractivity contribution in [3.8, 4) is 0 Å². The molecule has 1 fully saturated rings. The number of nitrogen functional groups attached to an aromatic ring is 1. The van der Waals surface area contributed by atoms with Gasteiger partial charge in [0, 0.05) is 19.6 Å². The highest BCUT2D eigenvalue weighted by Crippen LogP contribution is 2.27. The number of aromatic nitrogens is 1. The van der Waals surface area contributed by atoms with Gasteiger partial charge in [0.05, 0.1) is 6.10 Å². The van der Waals surface area contributed by atoms with Gasteiger partial charge in [-0.15, -0.1) is 0 Å². The first kappa shape index (κ1) is 12.1. The molecule has 0 radical (unpaired) electrons. The zero-order valence-electron chi connectivity index (χ0n) is 9.64. The number of carbonyl (C=O) groups excluding carboxylic acids is 1. The lowest BCUT2D eigenvalue weighted by molar-refractivity contribution is 0.0770. The van der Waals surface area contributed by atoms with Gasteiger partial charge in [0.2, 0.25) is 0 Å². The number of amides is 1. The second-order valence-corrected chi connectivity index (χ2v) is 4.96.